The van der Waals surface area contributed by atoms with Gasteiger partial charge in [0.1, 0.15) is 5.75 Å². The van der Waals surface area contributed by atoms with Crippen LogP contribution in [0.5, 0.6) is 5.75 Å². The molecule has 1 saturated heterocycles. The molecule has 232 valence electrons. The number of nitriles is 1. The molecule has 10 heteroatoms. The van der Waals surface area contributed by atoms with Gasteiger partial charge in [-0.3, -0.25) is 14.6 Å². The Morgan fingerprint density at radius 1 is 1.16 bits per heavy atom. The zero-order valence-electron chi connectivity index (χ0n) is 26.4. The van der Waals surface area contributed by atoms with E-state index in [1.54, 1.807) is 41.5 Å². The second-order valence-corrected chi connectivity index (χ2v) is 12.4. The summed E-state index contributed by atoms with van der Waals surface area (Å²) in [6, 6.07) is 17.0. The molecule has 1 fully saturated rings. The monoisotopic (exact) mass is 605 g/mol. The average Bonchev–Trinajstić information content (AvgIpc) is 3.71. The molecule has 45 heavy (non-hydrogen) atoms. The normalized spacial score (nSPS) is 14.8. The Morgan fingerprint density at radius 2 is 1.98 bits per heavy atom. The number of pyridine rings is 1. The van der Waals surface area contributed by atoms with E-state index in [9.17, 15) is 14.9 Å². The summed E-state index contributed by atoms with van der Waals surface area (Å²) in [6.07, 6.45) is 8.07. The van der Waals surface area contributed by atoms with Gasteiger partial charge >= 0.3 is 0 Å². The van der Waals surface area contributed by atoms with E-state index < -0.39 is 5.41 Å². The molecule has 5 rings (SSSR count). The van der Waals surface area contributed by atoms with Crippen LogP contribution in [0.15, 0.2) is 73.3 Å². The first-order valence-corrected chi connectivity index (χ1v) is 15.0. The Hall–Kier alpha value is -5.01. The van der Waals surface area contributed by atoms with Crippen molar-refractivity contribution in [1.82, 2.24) is 24.6 Å². The lowest BCUT2D eigenvalue weighted by molar-refractivity contribution is -0.130. The minimum atomic E-state index is -0.700. The quantitative estimate of drug-likeness (QED) is 0.268. The second-order valence-electron chi connectivity index (χ2n) is 12.4. The molecule has 2 aromatic heterocycles. The van der Waals surface area contributed by atoms with Gasteiger partial charge in [-0.25, -0.2) is 4.68 Å². The summed E-state index contributed by atoms with van der Waals surface area (Å²) < 4.78 is 8.05. The Bertz CT molecular complexity index is 1740. The highest BCUT2D eigenvalue weighted by atomic mass is 16.5. The highest BCUT2D eigenvalue weighted by molar-refractivity contribution is 6.04. The molecule has 0 radical (unpaired) electrons. The maximum absolute atomic E-state index is 13.1. The topological polar surface area (TPSA) is 116 Å². The predicted octanol–water partition coefficient (Wildman–Crippen LogP) is 5.09. The molecule has 1 unspecified atom stereocenters. The lowest BCUT2D eigenvalue weighted by Gasteiger charge is -2.19. The fourth-order valence-corrected chi connectivity index (χ4v) is 5.34. The van der Waals surface area contributed by atoms with Crippen LogP contribution in [0.2, 0.25) is 0 Å². The molecule has 0 aliphatic carbocycles. The molecule has 1 aliphatic rings. The van der Waals surface area contributed by atoms with Crippen LogP contribution in [0.4, 0.5) is 5.69 Å². The number of nitrogens with one attached hydrogen (secondary N) is 1. The minimum absolute atomic E-state index is 0.146. The Morgan fingerprint density at radius 3 is 2.76 bits per heavy atom. The predicted molar refractivity (Wildman–Crippen MR) is 173 cm³/mol. The molecule has 0 bridgehead atoms. The van der Waals surface area contributed by atoms with Crippen molar-refractivity contribution >= 4 is 17.5 Å². The highest BCUT2D eigenvalue weighted by Gasteiger charge is 2.27. The van der Waals surface area contributed by atoms with Crippen molar-refractivity contribution in [3.05, 3.63) is 90.0 Å². The molecular weight excluding hydrogens is 566 g/mol. The van der Waals surface area contributed by atoms with E-state index >= 15 is 0 Å². The van der Waals surface area contributed by atoms with Crippen LogP contribution in [0.25, 0.3) is 16.8 Å². The highest BCUT2D eigenvalue weighted by Crippen LogP contribution is 2.31. The minimum Gasteiger partial charge on any atom is -0.492 e. The third-order valence-corrected chi connectivity index (χ3v) is 8.08. The maximum atomic E-state index is 13.1. The van der Waals surface area contributed by atoms with Gasteiger partial charge in [0.05, 0.1) is 36.5 Å². The lowest BCUT2D eigenvalue weighted by atomic mass is 9.85. The molecule has 1 atom stereocenters. The smallest absolute Gasteiger partial charge is 0.255 e. The summed E-state index contributed by atoms with van der Waals surface area (Å²) in [5.41, 5.74) is 4.66. The Kier molecular flexibility index (Phi) is 9.30. The van der Waals surface area contributed by atoms with Gasteiger partial charge in [0, 0.05) is 60.0 Å². The molecule has 10 nitrogen and oxygen atoms in total. The Balaban J connectivity index is 1.29. The number of aromatic nitrogens is 3. The van der Waals surface area contributed by atoms with Crippen molar-refractivity contribution in [3.63, 3.8) is 0 Å². The molecule has 0 spiro atoms. The molecule has 2 amide bonds. The third kappa shape index (κ3) is 7.39. The van der Waals surface area contributed by atoms with Crippen molar-refractivity contribution < 1.29 is 14.3 Å². The SMILES string of the molecule is Cc1ccc(NC(=O)c2cccc(C(C)(C)C#N)c2)cc1-n1cc(-c2cnccc2OCC2CCN(C(=O)CN(C)C)C2)cn1. The molecule has 0 saturated carbocycles. The van der Waals surface area contributed by atoms with Crippen LogP contribution in [0, 0.1) is 24.2 Å². The van der Waals surface area contributed by atoms with Crippen molar-refractivity contribution in [2.75, 3.05) is 45.7 Å². The van der Waals surface area contributed by atoms with Gasteiger partial charge in [-0.2, -0.15) is 10.4 Å². The van der Waals surface area contributed by atoms with Gasteiger partial charge in [-0.1, -0.05) is 18.2 Å². The molecule has 4 aromatic rings. The van der Waals surface area contributed by atoms with Crippen LogP contribution in [-0.4, -0.2) is 76.7 Å². The van der Waals surface area contributed by atoms with E-state index in [2.05, 4.69) is 21.5 Å². The first kappa shape index (κ1) is 31.4. The van der Waals surface area contributed by atoms with Crippen molar-refractivity contribution in [1.29, 1.82) is 5.26 Å². The molecule has 2 aromatic carbocycles. The first-order chi connectivity index (χ1) is 21.5. The lowest BCUT2D eigenvalue weighted by Crippen LogP contribution is -2.36. The van der Waals surface area contributed by atoms with E-state index in [-0.39, 0.29) is 17.7 Å². The Labute approximate surface area is 264 Å². The van der Waals surface area contributed by atoms with Crippen LogP contribution in [0.1, 0.15) is 41.8 Å². The second kappa shape index (κ2) is 13.3. The van der Waals surface area contributed by atoms with E-state index in [0.29, 0.717) is 36.7 Å². The van der Waals surface area contributed by atoms with Gasteiger partial charge < -0.3 is 19.9 Å². The maximum Gasteiger partial charge on any atom is 0.255 e. The van der Waals surface area contributed by atoms with Crippen molar-refractivity contribution in [2.24, 2.45) is 5.92 Å². The summed E-state index contributed by atoms with van der Waals surface area (Å²) in [5.74, 6) is 0.862. The molecule has 3 heterocycles. The number of nitrogens with zero attached hydrogens (tertiary/aromatic N) is 6. The number of likely N-dealkylation sites (N-methyl/N-ethyl adjacent to an activating group) is 1. The summed E-state index contributed by atoms with van der Waals surface area (Å²) in [7, 11) is 3.80. The summed E-state index contributed by atoms with van der Waals surface area (Å²) in [5, 5.41) is 17.1. The number of amides is 2. The number of hydrogen-bond donors (Lipinski definition) is 1. The van der Waals surface area contributed by atoms with Gasteiger partial charge in [-0.15, -0.1) is 0 Å². The zero-order chi connectivity index (χ0) is 32.1. The van der Waals surface area contributed by atoms with Crippen LogP contribution >= 0.6 is 0 Å². The molecule has 1 aliphatic heterocycles. The molecular formula is C35H39N7O3. The van der Waals surface area contributed by atoms with E-state index in [1.807, 2.05) is 81.2 Å². The van der Waals surface area contributed by atoms with E-state index in [4.69, 9.17) is 4.74 Å². The number of aryl methyl sites for hydroxylation is 1. The van der Waals surface area contributed by atoms with Crippen LogP contribution < -0.4 is 10.1 Å². The fraction of sp³-hybridized carbons (Fsp3) is 0.343. The van der Waals surface area contributed by atoms with Crippen LogP contribution in [-0.2, 0) is 10.2 Å². The van der Waals surface area contributed by atoms with E-state index in [0.717, 1.165) is 40.9 Å². The fourth-order valence-electron chi connectivity index (χ4n) is 5.34. The van der Waals surface area contributed by atoms with Gasteiger partial charge in [0.25, 0.3) is 5.91 Å². The summed E-state index contributed by atoms with van der Waals surface area (Å²) >= 11 is 0. The largest absolute Gasteiger partial charge is 0.492 e. The summed E-state index contributed by atoms with van der Waals surface area (Å²) in [4.78, 5) is 33.7. The zero-order valence-corrected chi connectivity index (χ0v) is 26.4. The van der Waals surface area contributed by atoms with Gasteiger partial charge in [0.15, 0.2) is 0 Å². The number of hydrogen-bond acceptors (Lipinski definition) is 7. The standard InChI is InChI=1S/C35H39N7O3/c1-24-9-10-29(39-34(44)26-7-6-8-28(15-26)35(2,3)23-36)16-31(24)42-20-27(17-38-42)30-18-37-13-11-32(30)45-22-25-12-14-41(19-25)33(43)21-40(4)5/h6-11,13,15-18,20,25H,12,14,19,21-22H2,1-5H3,(H,39,44). The number of anilines is 1. The van der Waals surface area contributed by atoms with E-state index in [1.165, 1.54) is 0 Å². The van der Waals surface area contributed by atoms with Gasteiger partial charge in [-0.05, 0) is 82.7 Å². The number of rotatable bonds is 10. The number of carbonyl (C=O) groups is 2. The van der Waals surface area contributed by atoms with Gasteiger partial charge in [0.2, 0.25) is 5.91 Å². The average molecular weight is 606 g/mol. The number of benzene rings is 2. The molecule has 1 N–H and O–H groups in total. The van der Waals surface area contributed by atoms with Crippen molar-refractivity contribution in [3.8, 4) is 28.6 Å². The first-order valence-electron chi connectivity index (χ1n) is 15.0. The number of likely N-dealkylation sites (tertiary alicyclic amines) is 1. The number of carbonyl (C=O) groups excluding carboxylic acids is 2. The third-order valence-electron chi connectivity index (χ3n) is 8.08. The van der Waals surface area contributed by atoms with Crippen LogP contribution in [0.3, 0.4) is 0 Å². The summed E-state index contributed by atoms with van der Waals surface area (Å²) in [6.45, 7) is 8.01. The number of ether oxygens (including phenoxy) is 1. The van der Waals surface area contributed by atoms with Crippen molar-refractivity contribution in [2.45, 2.75) is 32.6 Å².